The summed E-state index contributed by atoms with van der Waals surface area (Å²) in [5, 5.41) is 1.98. The first-order chi connectivity index (χ1) is 12.1. The van der Waals surface area contributed by atoms with Gasteiger partial charge >= 0.3 is 0 Å². The van der Waals surface area contributed by atoms with Crippen molar-refractivity contribution in [2.75, 3.05) is 40.4 Å². The fourth-order valence-electron chi connectivity index (χ4n) is 3.09. The minimum atomic E-state index is 0.158. The monoisotopic (exact) mass is 360 g/mol. The number of nitrogens with zero attached hydrogens (tertiary/aromatic N) is 2. The number of carbonyl (C=O) groups is 1. The molecule has 0 saturated carbocycles. The van der Waals surface area contributed by atoms with Gasteiger partial charge in [-0.15, -0.1) is 11.3 Å². The summed E-state index contributed by atoms with van der Waals surface area (Å²) in [6.45, 7) is 6.01. The third-order valence-electron chi connectivity index (χ3n) is 4.60. The molecule has 1 amide bonds. The third kappa shape index (κ3) is 3.96. The first kappa shape index (κ1) is 17.8. The molecule has 0 N–H and O–H groups in total. The Balaban J connectivity index is 1.61. The largest absolute Gasteiger partial charge is 0.497 e. The van der Waals surface area contributed by atoms with Gasteiger partial charge in [0, 0.05) is 38.3 Å². The van der Waals surface area contributed by atoms with Crippen LogP contribution in [0.2, 0.25) is 0 Å². The van der Waals surface area contributed by atoms with Gasteiger partial charge in [-0.1, -0.05) is 0 Å². The molecule has 134 valence electrons. The second-order valence-corrected chi connectivity index (χ2v) is 7.09. The first-order valence-electron chi connectivity index (χ1n) is 8.39. The van der Waals surface area contributed by atoms with E-state index in [1.54, 1.807) is 14.2 Å². The van der Waals surface area contributed by atoms with E-state index in [9.17, 15) is 4.79 Å². The number of hydrogen-bond donors (Lipinski definition) is 0. The van der Waals surface area contributed by atoms with E-state index < -0.39 is 0 Å². The molecule has 1 fully saturated rings. The Morgan fingerprint density at radius 2 is 1.88 bits per heavy atom. The van der Waals surface area contributed by atoms with E-state index in [4.69, 9.17) is 9.47 Å². The summed E-state index contributed by atoms with van der Waals surface area (Å²) in [5.74, 6) is 1.86. The van der Waals surface area contributed by atoms with E-state index in [1.165, 1.54) is 11.3 Å². The number of ether oxygens (including phenoxy) is 2. The van der Waals surface area contributed by atoms with E-state index in [1.807, 2.05) is 41.5 Å². The van der Waals surface area contributed by atoms with Crippen molar-refractivity contribution in [3.8, 4) is 11.5 Å². The lowest BCUT2D eigenvalue weighted by molar-refractivity contribution is 0.0631. The summed E-state index contributed by atoms with van der Waals surface area (Å²) < 4.78 is 10.8. The molecule has 5 nitrogen and oxygen atoms in total. The van der Waals surface area contributed by atoms with Crippen LogP contribution in [0, 0.1) is 6.92 Å². The fourth-order valence-corrected chi connectivity index (χ4v) is 3.98. The zero-order chi connectivity index (χ0) is 17.8. The lowest BCUT2D eigenvalue weighted by Gasteiger charge is -2.35. The van der Waals surface area contributed by atoms with Crippen LogP contribution in [0.1, 0.15) is 20.8 Å². The zero-order valence-corrected chi connectivity index (χ0v) is 15.8. The molecule has 25 heavy (non-hydrogen) atoms. The topological polar surface area (TPSA) is 42.0 Å². The Labute approximate surface area is 152 Å². The molecular weight excluding hydrogens is 336 g/mol. The summed E-state index contributed by atoms with van der Waals surface area (Å²) in [4.78, 5) is 17.8. The number of rotatable bonds is 5. The molecule has 2 heterocycles. The standard InChI is InChI=1S/C19H24N2O3S/c1-14-6-11-25-18(14)19(22)21-9-7-20(8-10-21)13-15-12-16(23-2)4-5-17(15)24-3/h4-6,11-12H,7-10,13H2,1-3H3. The van der Waals surface area contributed by atoms with Crippen LogP contribution >= 0.6 is 11.3 Å². The quantitative estimate of drug-likeness (QED) is 0.822. The average Bonchev–Trinajstić information content (AvgIpc) is 3.07. The number of carbonyl (C=O) groups excluding carboxylic acids is 1. The Bertz CT molecular complexity index is 736. The number of thiophene rings is 1. The SMILES string of the molecule is COc1ccc(OC)c(CN2CCN(C(=O)c3sccc3C)CC2)c1. The molecule has 0 bridgehead atoms. The van der Waals surface area contributed by atoms with E-state index in [-0.39, 0.29) is 5.91 Å². The van der Waals surface area contributed by atoms with Crippen molar-refractivity contribution in [1.82, 2.24) is 9.80 Å². The molecule has 2 aromatic rings. The minimum absolute atomic E-state index is 0.158. The lowest BCUT2D eigenvalue weighted by atomic mass is 10.1. The number of amides is 1. The smallest absolute Gasteiger partial charge is 0.264 e. The molecule has 0 aliphatic carbocycles. The van der Waals surface area contributed by atoms with Crippen molar-refractivity contribution < 1.29 is 14.3 Å². The van der Waals surface area contributed by atoms with Crippen LogP contribution in [0.5, 0.6) is 11.5 Å². The van der Waals surface area contributed by atoms with Crippen molar-refractivity contribution in [2.24, 2.45) is 0 Å². The van der Waals surface area contributed by atoms with E-state index >= 15 is 0 Å². The Hall–Kier alpha value is -2.05. The average molecular weight is 360 g/mol. The molecule has 1 saturated heterocycles. The van der Waals surface area contributed by atoms with Gasteiger partial charge in [-0.3, -0.25) is 9.69 Å². The van der Waals surface area contributed by atoms with Gasteiger partial charge in [-0.05, 0) is 42.1 Å². The molecule has 1 aliphatic rings. The van der Waals surface area contributed by atoms with Crippen LogP contribution in [0.4, 0.5) is 0 Å². The van der Waals surface area contributed by atoms with Gasteiger partial charge in [-0.2, -0.15) is 0 Å². The summed E-state index contributed by atoms with van der Waals surface area (Å²) in [5.41, 5.74) is 2.18. The Morgan fingerprint density at radius 3 is 2.48 bits per heavy atom. The lowest BCUT2D eigenvalue weighted by Crippen LogP contribution is -2.48. The van der Waals surface area contributed by atoms with Crippen LogP contribution in [-0.4, -0.2) is 56.1 Å². The molecule has 0 atom stereocenters. The number of aryl methyl sites for hydroxylation is 1. The van der Waals surface area contributed by atoms with Crippen molar-refractivity contribution in [3.05, 3.63) is 45.6 Å². The van der Waals surface area contributed by atoms with Crippen LogP contribution in [0.15, 0.2) is 29.6 Å². The molecule has 6 heteroatoms. The van der Waals surface area contributed by atoms with E-state index in [0.29, 0.717) is 0 Å². The van der Waals surface area contributed by atoms with Gasteiger partial charge in [0.2, 0.25) is 0 Å². The molecule has 3 rings (SSSR count). The van der Waals surface area contributed by atoms with Gasteiger partial charge in [-0.25, -0.2) is 0 Å². The molecule has 0 radical (unpaired) electrons. The van der Waals surface area contributed by atoms with Crippen molar-refractivity contribution in [2.45, 2.75) is 13.5 Å². The van der Waals surface area contributed by atoms with Gasteiger partial charge in [0.25, 0.3) is 5.91 Å². The Kier molecular flexibility index (Phi) is 5.60. The van der Waals surface area contributed by atoms with Crippen molar-refractivity contribution in [3.63, 3.8) is 0 Å². The maximum absolute atomic E-state index is 12.6. The molecule has 0 unspecified atom stereocenters. The van der Waals surface area contributed by atoms with Crippen LogP contribution in [-0.2, 0) is 6.54 Å². The highest BCUT2D eigenvalue weighted by Gasteiger charge is 2.24. The normalized spacial score (nSPS) is 15.2. The van der Waals surface area contributed by atoms with Crippen molar-refractivity contribution in [1.29, 1.82) is 0 Å². The predicted molar refractivity (Wildman–Crippen MR) is 99.8 cm³/mol. The Morgan fingerprint density at radius 1 is 1.12 bits per heavy atom. The molecule has 1 aromatic heterocycles. The van der Waals surface area contributed by atoms with Crippen LogP contribution in [0.3, 0.4) is 0 Å². The maximum Gasteiger partial charge on any atom is 0.264 e. The summed E-state index contributed by atoms with van der Waals surface area (Å²) in [6.07, 6.45) is 0. The highest BCUT2D eigenvalue weighted by molar-refractivity contribution is 7.12. The first-order valence-corrected chi connectivity index (χ1v) is 9.27. The zero-order valence-electron chi connectivity index (χ0n) is 14.9. The third-order valence-corrected chi connectivity index (χ3v) is 5.60. The fraction of sp³-hybridized carbons (Fsp3) is 0.421. The summed E-state index contributed by atoms with van der Waals surface area (Å²) >= 11 is 1.53. The summed E-state index contributed by atoms with van der Waals surface area (Å²) in [7, 11) is 3.35. The maximum atomic E-state index is 12.6. The molecule has 1 aromatic carbocycles. The number of hydrogen-bond acceptors (Lipinski definition) is 5. The van der Waals surface area contributed by atoms with Crippen molar-refractivity contribution >= 4 is 17.2 Å². The summed E-state index contributed by atoms with van der Waals surface area (Å²) in [6, 6.07) is 7.87. The minimum Gasteiger partial charge on any atom is -0.497 e. The van der Waals surface area contributed by atoms with Crippen LogP contribution < -0.4 is 9.47 Å². The second-order valence-electron chi connectivity index (χ2n) is 6.18. The second kappa shape index (κ2) is 7.89. The van der Waals surface area contributed by atoms with Gasteiger partial charge in [0.05, 0.1) is 19.1 Å². The van der Waals surface area contributed by atoms with Gasteiger partial charge < -0.3 is 14.4 Å². The highest BCUT2D eigenvalue weighted by atomic mass is 32.1. The van der Waals surface area contributed by atoms with Gasteiger partial charge in [0.15, 0.2) is 0 Å². The van der Waals surface area contributed by atoms with Crippen LogP contribution in [0.25, 0.3) is 0 Å². The number of benzene rings is 1. The number of methoxy groups -OCH3 is 2. The van der Waals surface area contributed by atoms with Gasteiger partial charge in [0.1, 0.15) is 11.5 Å². The predicted octanol–water partition coefficient (Wildman–Crippen LogP) is 3.03. The molecule has 1 aliphatic heterocycles. The van der Waals surface area contributed by atoms with E-state index in [0.717, 1.165) is 60.2 Å². The molecule has 0 spiro atoms. The molecular formula is C19H24N2O3S. The van der Waals surface area contributed by atoms with E-state index in [2.05, 4.69) is 4.90 Å². The highest BCUT2D eigenvalue weighted by Crippen LogP contribution is 2.26. The number of piperazine rings is 1.